The van der Waals surface area contributed by atoms with Gasteiger partial charge in [-0.25, -0.2) is 0 Å². The molecule has 1 aliphatic rings. The molecule has 22 heavy (non-hydrogen) atoms. The second kappa shape index (κ2) is 6.43. The quantitative estimate of drug-likeness (QED) is 0.910. The molecule has 1 heterocycles. The van der Waals surface area contributed by atoms with E-state index in [4.69, 9.17) is 0 Å². The van der Waals surface area contributed by atoms with Crippen LogP contribution in [0, 0.1) is 0 Å². The molecule has 0 bridgehead atoms. The third-order valence-electron chi connectivity index (χ3n) is 3.87. The minimum atomic E-state index is -0.402. The monoisotopic (exact) mass is 294 g/mol. The molecule has 4 heteroatoms. The predicted octanol–water partition coefficient (Wildman–Crippen LogP) is 2.47. The van der Waals surface area contributed by atoms with Crippen molar-refractivity contribution >= 4 is 17.5 Å². The fourth-order valence-electron chi connectivity index (χ4n) is 2.74. The molecule has 0 aromatic heterocycles. The summed E-state index contributed by atoms with van der Waals surface area (Å²) in [5.74, 6) is -0.596. The molecule has 2 aromatic carbocycles. The van der Waals surface area contributed by atoms with Gasteiger partial charge in [0.1, 0.15) is 0 Å². The summed E-state index contributed by atoms with van der Waals surface area (Å²) in [7, 11) is 0. The van der Waals surface area contributed by atoms with Crippen molar-refractivity contribution in [3.63, 3.8) is 0 Å². The van der Waals surface area contributed by atoms with Crippen molar-refractivity contribution in [3.8, 4) is 0 Å². The Kier molecular flexibility index (Phi) is 4.19. The molecule has 0 aliphatic carbocycles. The first-order valence-electron chi connectivity index (χ1n) is 7.44. The highest BCUT2D eigenvalue weighted by molar-refractivity contribution is 6.01. The van der Waals surface area contributed by atoms with Gasteiger partial charge in [-0.2, -0.15) is 0 Å². The number of rotatable bonds is 4. The lowest BCUT2D eigenvalue weighted by Gasteiger charge is -2.24. The van der Waals surface area contributed by atoms with E-state index in [1.807, 2.05) is 54.6 Å². The van der Waals surface area contributed by atoms with Crippen LogP contribution in [0.3, 0.4) is 0 Å². The minimum Gasteiger partial charge on any atom is -0.355 e. The Morgan fingerprint density at radius 2 is 1.82 bits per heavy atom. The second-order valence-electron chi connectivity index (χ2n) is 5.42. The second-order valence-corrected chi connectivity index (χ2v) is 5.42. The number of benzene rings is 2. The summed E-state index contributed by atoms with van der Waals surface area (Å²) in [6, 6.07) is 17.5. The number of carbonyl (C=O) groups is 2. The minimum absolute atomic E-state index is 0.0850. The Balaban J connectivity index is 1.64. The highest BCUT2D eigenvalue weighted by Gasteiger charge is 2.29. The average Bonchev–Trinajstić information content (AvgIpc) is 2.55. The van der Waals surface area contributed by atoms with E-state index < -0.39 is 5.92 Å². The Morgan fingerprint density at radius 1 is 1.09 bits per heavy atom. The Morgan fingerprint density at radius 3 is 2.64 bits per heavy atom. The number of amides is 2. The van der Waals surface area contributed by atoms with Crippen LogP contribution in [-0.2, 0) is 16.0 Å². The van der Waals surface area contributed by atoms with Crippen LogP contribution < -0.4 is 10.6 Å². The van der Waals surface area contributed by atoms with Gasteiger partial charge in [0.2, 0.25) is 11.8 Å². The van der Waals surface area contributed by atoms with Gasteiger partial charge in [0.15, 0.2) is 0 Å². The first-order chi connectivity index (χ1) is 10.7. The zero-order valence-corrected chi connectivity index (χ0v) is 12.2. The van der Waals surface area contributed by atoms with Crippen molar-refractivity contribution in [3.05, 3.63) is 65.7 Å². The summed E-state index contributed by atoms with van der Waals surface area (Å²) >= 11 is 0. The lowest BCUT2D eigenvalue weighted by atomic mass is 9.90. The number of anilines is 1. The molecule has 2 N–H and O–H groups in total. The molecule has 4 nitrogen and oxygen atoms in total. The van der Waals surface area contributed by atoms with Crippen molar-refractivity contribution < 1.29 is 9.59 Å². The van der Waals surface area contributed by atoms with E-state index in [2.05, 4.69) is 10.6 Å². The summed E-state index contributed by atoms with van der Waals surface area (Å²) in [5, 5.41) is 5.75. The summed E-state index contributed by atoms with van der Waals surface area (Å²) in [6.07, 6.45) is 0.987. The molecule has 0 saturated heterocycles. The first-order valence-corrected chi connectivity index (χ1v) is 7.44. The first kappa shape index (κ1) is 14.3. The molecule has 2 aromatic rings. The van der Waals surface area contributed by atoms with Crippen LogP contribution >= 0.6 is 0 Å². The third-order valence-corrected chi connectivity index (χ3v) is 3.87. The fraction of sp³-hybridized carbons (Fsp3) is 0.222. The number of hydrogen-bond acceptors (Lipinski definition) is 2. The predicted molar refractivity (Wildman–Crippen MR) is 85.6 cm³/mol. The molecule has 1 atom stereocenters. The van der Waals surface area contributed by atoms with Gasteiger partial charge < -0.3 is 10.6 Å². The van der Waals surface area contributed by atoms with Crippen molar-refractivity contribution in [2.75, 3.05) is 11.9 Å². The van der Waals surface area contributed by atoms with E-state index in [0.29, 0.717) is 6.54 Å². The van der Waals surface area contributed by atoms with Crippen LogP contribution in [0.2, 0.25) is 0 Å². The SMILES string of the molecule is O=C1C[C@H](C(=O)NCCc2ccccc2)c2ccccc2N1. The fourth-order valence-corrected chi connectivity index (χ4v) is 2.74. The molecule has 3 rings (SSSR count). The van der Waals surface area contributed by atoms with Crippen molar-refractivity contribution in [2.45, 2.75) is 18.8 Å². The third kappa shape index (κ3) is 3.17. The molecule has 2 amide bonds. The van der Waals surface area contributed by atoms with Crippen LogP contribution in [0.1, 0.15) is 23.5 Å². The van der Waals surface area contributed by atoms with Gasteiger partial charge in [-0.3, -0.25) is 9.59 Å². The molecule has 0 unspecified atom stereocenters. The largest absolute Gasteiger partial charge is 0.355 e. The number of carbonyl (C=O) groups excluding carboxylic acids is 2. The van der Waals surface area contributed by atoms with Crippen LogP contribution in [0.25, 0.3) is 0 Å². The van der Waals surface area contributed by atoms with E-state index in [9.17, 15) is 9.59 Å². The molecule has 0 radical (unpaired) electrons. The number of para-hydroxylation sites is 1. The van der Waals surface area contributed by atoms with Gasteiger partial charge in [0, 0.05) is 18.7 Å². The Hall–Kier alpha value is -2.62. The molecule has 0 fully saturated rings. The van der Waals surface area contributed by atoms with Gasteiger partial charge in [0.25, 0.3) is 0 Å². The van der Waals surface area contributed by atoms with Crippen LogP contribution in [0.4, 0.5) is 5.69 Å². The summed E-state index contributed by atoms with van der Waals surface area (Å²) in [5.41, 5.74) is 2.81. The molecule has 0 saturated carbocycles. The molecule has 1 aliphatic heterocycles. The van der Waals surface area contributed by atoms with Gasteiger partial charge in [-0.05, 0) is 23.6 Å². The van der Waals surface area contributed by atoms with Gasteiger partial charge in [-0.15, -0.1) is 0 Å². The maximum atomic E-state index is 12.4. The van der Waals surface area contributed by atoms with Crippen LogP contribution in [-0.4, -0.2) is 18.4 Å². The van der Waals surface area contributed by atoms with Gasteiger partial charge in [0.05, 0.1) is 5.92 Å². The normalized spacial score (nSPS) is 16.5. The summed E-state index contributed by atoms with van der Waals surface area (Å²) < 4.78 is 0. The number of fused-ring (bicyclic) bond motifs is 1. The Labute approximate surface area is 129 Å². The lowest BCUT2D eigenvalue weighted by molar-refractivity contribution is -0.126. The van der Waals surface area contributed by atoms with E-state index in [1.54, 1.807) is 0 Å². The maximum absolute atomic E-state index is 12.4. The zero-order chi connectivity index (χ0) is 15.4. The standard InChI is InChI=1S/C18H18N2O2/c21-17-12-15(14-8-4-5-9-16(14)20-17)18(22)19-11-10-13-6-2-1-3-7-13/h1-9,15H,10-12H2,(H,19,22)(H,20,21)/t15-/m0/s1. The highest BCUT2D eigenvalue weighted by atomic mass is 16.2. The van der Waals surface area contributed by atoms with E-state index in [-0.39, 0.29) is 18.2 Å². The number of hydrogen-bond donors (Lipinski definition) is 2. The number of nitrogens with one attached hydrogen (secondary N) is 2. The summed E-state index contributed by atoms with van der Waals surface area (Å²) in [6.45, 7) is 0.573. The van der Waals surface area contributed by atoms with Crippen molar-refractivity contribution in [1.29, 1.82) is 0 Å². The average molecular weight is 294 g/mol. The van der Waals surface area contributed by atoms with Crippen LogP contribution in [0.5, 0.6) is 0 Å². The topological polar surface area (TPSA) is 58.2 Å². The van der Waals surface area contributed by atoms with Crippen molar-refractivity contribution in [1.82, 2.24) is 5.32 Å². The zero-order valence-electron chi connectivity index (χ0n) is 12.2. The van der Waals surface area contributed by atoms with E-state index in [1.165, 1.54) is 5.56 Å². The lowest BCUT2D eigenvalue weighted by Crippen LogP contribution is -2.35. The summed E-state index contributed by atoms with van der Waals surface area (Å²) in [4.78, 5) is 24.2. The van der Waals surface area contributed by atoms with Gasteiger partial charge in [-0.1, -0.05) is 48.5 Å². The Bertz CT molecular complexity index is 682. The maximum Gasteiger partial charge on any atom is 0.228 e. The van der Waals surface area contributed by atoms with Crippen LogP contribution in [0.15, 0.2) is 54.6 Å². The molecular weight excluding hydrogens is 276 g/mol. The smallest absolute Gasteiger partial charge is 0.228 e. The molecule has 0 spiro atoms. The van der Waals surface area contributed by atoms with Crippen molar-refractivity contribution in [2.24, 2.45) is 0 Å². The van der Waals surface area contributed by atoms with E-state index in [0.717, 1.165) is 17.7 Å². The molecule has 112 valence electrons. The van der Waals surface area contributed by atoms with Gasteiger partial charge >= 0.3 is 0 Å². The highest BCUT2D eigenvalue weighted by Crippen LogP contribution is 2.31. The van der Waals surface area contributed by atoms with E-state index >= 15 is 0 Å². The molecular formula is C18H18N2O2.